The minimum atomic E-state index is -0.340. The number of alkyl halides is 1. The molecule has 0 saturated carbocycles. The van der Waals surface area contributed by atoms with Crippen molar-refractivity contribution in [2.45, 2.75) is 20.3 Å². The van der Waals surface area contributed by atoms with E-state index in [4.69, 9.17) is 0 Å². The van der Waals surface area contributed by atoms with Gasteiger partial charge in [0.05, 0.1) is 0 Å². The molecule has 0 unspecified atom stereocenters. The van der Waals surface area contributed by atoms with Gasteiger partial charge in [-0.2, -0.15) is 0 Å². The summed E-state index contributed by atoms with van der Waals surface area (Å²) in [5.41, 5.74) is 0.764. The molecule has 0 aromatic heterocycles. The minimum absolute atomic E-state index is 0.340. The van der Waals surface area contributed by atoms with Gasteiger partial charge in [-0.15, -0.1) is 0 Å². The lowest BCUT2D eigenvalue weighted by molar-refractivity contribution is 0.533. The van der Waals surface area contributed by atoms with E-state index < -0.39 is 0 Å². The molecule has 1 radical (unpaired) electrons. The maximum absolute atomic E-state index is 11.6. The molecule has 0 fully saturated rings. The van der Waals surface area contributed by atoms with Crippen LogP contribution in [-0.2, 0) is 0 Å². The van der Waals surface area contributed by atoms with Crippen molar-refractivity contribution in [1.82, 2.24) is 0 Å². The second-order valence-electron chi connectivity index (χ2n) is 1.34. The first-order valence-corrected chi connectivity index (χ1v) is 2.43. The lowest BCUT2D eigenvalue weighted by Gasteiger charge is -1.89. The molecule has 0 bridgehead atoms. The highest BCUT2D eigenvalue weighted by molar-refractivity contribution is 4.93. The maximum Gasteiger partial charge on any atom is 0.111 e. The van der Waals surface area contributed by atoms with E-state index in [1.54, 1.807) is 6.92 Å². The van der Waals surface area contributed by atoms with Crippen molar-refractivity contribution in [3.8, 4) is 0 Å². The molecule has 0 atom stereocenters. The summed E-state index contributed by atoms with van der Waals surface area (Å²) in [6.07, 6.45) is 3.53. The summed E-state index contributed by atoms with van der Waals surface area (Å²) in [4.78, 5) is 0. The largest absolute Gasteiger partial charge is 0.246 e. The van der Waals surface area contributed by atoms with Gasteiger partial charge in [-0.1, -0.05) is 6.92 Å². The Hall–Kier alpha value is -0.330. The van der Waals surface area contributed by atoms with Gasteiger partial charge in [-0.3, -0.25) is 0 Å². The molecule has 0 aromatic rings. The third-order valence-corrected chi connectivity index (χ3v) is 0.942. The van der Waals surface area contributed by atoms with Gasteiger partial charge < -0.3 is 0 Å². The number of hydrogen-bond donors (Lipinski definition) is 0. The molecule has 0 rings (SSSR count). The molecule has 0 spiro atoms. The van der Waals surface area contributed by atoms with Gasteiger partial charge >= 0.3 is 0 Å². The summed E-state index contributed by atoms with van der Waals surface area (Å²) in [6, 6.07) is 0. The molecule has 1 heteroatoms. The van der Waals surface area contributed by atoms with Crippen molar-refractivity contribution in [3.63, 3.8) is 0 Å². The Labute approximate surface area is 44.0 Å². The zero-order chi connectivity index (χ0) is 5.70. The first-order chi connectivity index (χ1) is 3.35. The van der Waals surface area contributed by atoms with E-state index >= 15 is 0 Å². The fourth-order valence-electron chi connectivity index (χ4n) is 0.338. The Morgan fingerprint density at radius 3 is 2.29 bits per heavy atom. The smallest absolute Gasteiger partial charge is 0.111 e. The highest BCUT2D eigenvalue weighted by atomic mass is 19.1. The van der Waals surface area contributed by atoms with Crippen LogP contribution in [0.25, 0.3) is 0 Å². The Bertz CT molecular complexity index is 58.6. The van der Waals surface area contributed by atoms with Crippen LogP contribution >= 0.6 is 0 Å². The molecule has 0 nitrogen and oxygen atoms in total. The predicted molar refractivity (Wildman–Crippen MR) is 28.7 cm³/mol. The van der Waals surface area contributed by atoms with E-state index in [1.807, 2.05) is 6.92 Å². The van der Waals surface area contributed by atoms with Crippen LogP contribution < -0.4 is 0 Å². The van der Waals surface area contributed by atoms with Crippen molar-refractivity contribution in [2.75, 3.05) is 6.67 Å². The predicted octanol–water partition coefficient (Wildman–Crippen LogP) is 2.12. The lowest BCUT2D eigenvalue weighted by atomic mass is 10.2. The van der Waals surface area contributed by atoms with Crippen molar-refractivity contribution in [3.05, 3.63) is 11.6 Å². The van der Waals surface area contributed by atoms with Gasteiger partial charge in [-0.25, -0.2) is 4.39 Å². The number of hydrogen-bond acceptors (Lipinski definition) is 0. The van der Waals surface area contributed by atoms with E-state index in [1.165, 1.54) is 0 Å². The third-order valence-electron chi connectivity index (χ3n) is 0.942. The van der Waals surface area contributed by atoms with Crippen LogP contribution in [0.4, 0.5) is 4.39 Å². The van der Waals surface area contributed by atoms with Crippen LogP contribution in [0.1, 0.15) is 20.3 Å². The van der Waals surface area contributed by atoms with E-state index in [0.29, 0.717) is 0 Å². The zero-order valence-electron chi connectivity index (χ0n) is 4.79. The van der Waals surface area contributed by atoms with Gasteiger partial charge in [0.15, 0.2) is 0 Å². The SMILES string of the molecule is C/[C]=C(/CC)CF. The first kappa shape index (κ1) is 6.67. The van der Waals surface area contributed by atoms with Crippen LogP contribution in [0, 0.1) is 6.08 Å². The molecule has 0 aromatic carbocycles. The summed E-state index contributed by atoms with van der Waals surface area (Å²) in [6.45, 7) is 3.32. The van der Waals surface area contributed by atoms with Gasteiger partial charge in [0.1, 0.15) is 6.67 Å². The van der Waals surface area contributed by atoms with E-state index in [9.17, 15) is 4.39 Å². The molecule has 7 heavy (non-hydrogen) atoms. The highest BCUT2D eigenvalue weighted by Crippen LogP contribution is 1.97. The number of allylic oxidation sites excluding steroid dienone is 2. The molecule has 0 aliphatic heterocycles. The van der Waals surface area contributed by atoms with E-state index in [0.717, 1.165) is 12.0 Å². The molecule has 0 heterocycles. The summed E-state index contributed by atoms with van der Waals surface area (Å²) in [7, 11) is 0. The zero-order valence-corrected chi connectivity index (χ0v) is 4.79. The standard InChI is InChI=1S/C6H10F/c1-3-6(4-2)5-7/h3,5H2,1-2H3. The number of rotatable bonds is 2. The van der Waals surface area contributed by atoms with Crippen LogP contribution in [-0.4, -0.2) is 6.67 Å². The molecule has 0 N–H and O–H groups in total. The van der Waals surface area contributed by atoms with Crippen LogP contribution in [0.3, 0.4) is 0 Å². The van der Waals surface area contributed by atoms with Crippen molar-refractivity contribution >= 4 is 0 Å². The number of halogens is 1. The van der Waals surface area contributed by atoms with Gasteiger partial charge in [0.25, 0.3) is 0 Å². The summed E-state index contributed by atoms with van der Waals surface area (Å²) in [5, 5.41) is 0. The van der Waals surface area contributed by atoms with Crippen molar-refractivity contribution < 1.29 is 4.39 Å². The van der Waals surface area contributed by atoms with Gasteiger partial charge in [0, 0.05) is 0 Å². The maximum atomic E-state index is 11.6. The Morgan fingerprint density at radius 1 is 1.71 bits per heavy atom. The summed E-state index contributed by atoms with van der Waals surface area (Å²) in [5.74, 6) is 0. The molecular weight excluding hydrogens is 91.1 g/mol. The summed E-state index contributed by atoms with van der Waals surface area (Å²) < 4.78 is 11.6. The lowest BCUT2D eigenvalue weighted by Crippen LogP contribution is -1.79. The van der Waals surface area contributed by atoms with Crippen LogP contribution in [0.5, 0.6) is 0 Å². The van der Waals surface area contributed by atoms with Gasteiger partial charge in [0.2, 0.25) is 0 Å². The highest BCUT2D eigenvalue weighted by Gasteiger charge is 1.86. The fraction of sp³-hybridized carbons (Fsp3) is 0.667. The summed E-state index contributed by atoms with van der Waals surface area (Å²) >= 11 is 0. The fourth-order valence-corrected chi connectivity index (χ4v) is 0.338. The normalized spacial score (nSPS) is 12.1. The Morgan fingerprint density at radius 2 is 2.29 bits per heavy atom. The van der Waals surface area contributed by atoms with Crippen LogP contribution in [0.15, 0.2) is 5.57 Å². The molecular formula is C6H10F. The average Bonchev–Trinajstić information content (AvgIpc) is 1.72. The minimum Gasteiger partial charge on any atom is -0.246 e. The molecule has 0 amide bonds. The quantitative estimate of drug-likeness (QED) is 0.499. The van der Waals surface area contributed by atoms with E-state index in [2.05, 4.69) is 6.08 Å². The van der Waals surface area contributed by atoms with Gasteiger partial charge in [-0.05, 0) is 25.0 Å². The third kappa shape index (κ3) is 2.38. The molecule has 41 valence electrons. The Kier molecular flexibility index (Phi) is 3.67. The van der Waals surface area contributed by atoms with E-state index in [-0.39, 0.29) is 6.67 Å². The van der Waals surface area contributed by atoms with Crippen LogP contribution in [0.2, 0.25) is 0 Å². The molecule has 0 saturated heterocycles. The second-order valence-corrected chi connectivity index (χ2v) is 1.34. The average molecular weight is 101 g/mol. The van der Waals surface area contributed by atoms with Crippen molar-refractivity contribution in [2.24, 2.45) is 0 Å². The Balaban J connectivity index is 3.38. The molecule has 0 aliphatic carbocycles. The second kappa shape index (κ2) is 3.85. The van der Waals surface area contributed by atoms with Crippen molar-refractivity contribution in [1.29, 1.82) is 0 Å². The molecule has 0 aliphatic rings. The topological polar surface area (TPSA) is 0 Å². The monoisotopic (exact) mass is 101 g/mol. The first-order valence-electron chi connectivity index (χ1n) is 2.43.